The van der Waals surface area contributed by atoms with Crippen LogP contribution in [0.2, 0.25) is 0 Å². The van der Waals surface area contributed by atoms with Gasteiger partial charge in [-0.2, -0.15) is 4.99 Å². The van der Waals surface area contributed by atoms with Gasteiger partial charge in [-0.05, 0) is 19.3 Å². The van der Waals surface area contributed by atoms with Crippen LogP contribution < -0.4 is 0 Å². The monoisotopic (exact) mass is 251 g/mol. The number of allylic oxidation sites excluding steroid dienone is 1. The van der Waals surface area contributed by atoms with Crippen LogP contribution in [0.3, 0.4) is 0 Å². The van der Waals surface area contributed by atoms with Crippen LogP contribution in [0, 0.1) is 0 Å². The summed E-state index contributed by atoms with van der Waals surface area (Å²) in [5.74, 6) is -0.101. The van der Waals surface area contributed by atoms with Gasteiger partial charge in [0.15, 0.2) is 0 Å². The minimum absolute atomic E-state index is 0.0860. The summed E-state index contributed by atoms with van der Waals surface area (Å²) in [5.41, 5.74) is 0.209. The van der Waals surface area contributed by atoms with Crippen molar-refractivity contribution in [1.29, 1.82) is 0 Å². The van der Waals surface area contributed by atoms with Crippen molar-refractivity contribution in [2.24, 2.45) is 15.0 Å². The van der Waals surface area contributed by atoms with Crippen molar-refractivity contribution in [2.75, 3.05) is 13.1 Å². The highest BCUT2D eigenvalue weighted by Crippen LogP contribution is 2.14. The van der Waals surface area contributed by atoms with Gasteiger partial charge in [-0.15, -0.1) is 0 Å². The van der Waals surface area contributed by atoms with Gasteiger partial charge in [0.2, 0.25) is 18.2 Å². The standard InChI is InChI=1S/C11H13N3O4/c15-7-12-5-2-1-3-10(14-9-17)11(18)4-6-13-8-16/h18H,1-6H2. The summed E-state index contributed by atoms with van der Waals surface area (Å²) >= 11 is 0. The molecule has 0 unspecified atom stereocenters. The number of rotatable bonds is 9. The zero-order chi connectivity index (χ0) is 13.6. The Bertz CT molecular complexity index is 426. The fourth-order valence-electron chi connectivity index (χ4n) is 1.20. The SMILES string of the molecule is O=C=NCCCCC(N=C=O)=C(O)CCN=C=O. The molecule has 0 spiro atoms. The molecule has 0 aliphatic rings. The fraction of sp³-hybridized carbons (Fsp3) is 0.545. The van der Waals surface area contributed by atoms with Crippen LogP contribution in [-0.2, 0) is 14.4 Å². The fourth-order valence-corrected chi connectivity index (χ4v) is 1.20. The lowest BCUT2D eigenvalue weighted by molar-refractivity contribution is 0.378. The molecule has 0 amide bonds. The molecule has 1 N–H and O–H groups in total. The summed E-state index contributed by atoms with van der Waals surface area (Å²) in [6.45, 7) is 0.431. The number of hydrogen-bond acceptors (Lipinski definition) is 7. The van der Waals surface area contributed by atoms with Crippen LogP contribution in [-0.4, -0.2) is 36.4 Å². The van der Waals surface area contributed by atoms with Gasteiger partial charge in [-0.25, -0.2) is 24.4 Å². The molecule has 0 aromatic heterocycles. The highest BCUT2D eigenvalue weighted by molar-refractivity contribution is 5.37. The molecule has 0 radical (unpaired) electrons. The van der Waals surface area contributed by atoms with Crippen molar-refractivity contribution in [3.63, 3.8) is 0 Å². The Balaban J connectivity index is 4.34. The lowest BCUT2D eigenvalue weighted by Gasteiger charge is -2.03. The van der Waals surface area contributed by atoms with Gasteiger partial charge >= 0.3 is 0 Å². The van der Waals surface area contributed by atoms with Crippen LogP contribution in [0.4, 0.5) is 0 Å². The molecule has 0 heterocycles. The van der Waals surface area contributed by atoms with Crippen molar-refractivity contribution in [2.45, 2.75) is 25.7 Å². The molecular formula is C11H13N3O4. The first kappa shape index (κ1) is 15.7. The lowest BCUT2D eigenvalue weighted by atomic mass is 10.1. The van der Waals surface area contributed by atoms with Crippen LogP contribution >= 0.6 is 0 Å². The van der Waals surface area contributed by atoms with Gasteiger partial charge in [-0.3, -0.25) is 0 Å². The van der Waals surface area contributed by atoms with Gasteiger partial charge in [0.1, 0.15) is 5.76 Å². The second kappa shape index (κ2) is 11.2. The van der Waals surface area contributed by atoms with Crippen molar-refractivity contribution < 1.29 is 19.5 Å². The van der Waals surface area contributed by atoms with E-state index in [0.717, 1.165) is 0 Å². The molecule has 18 heavy (non-hydrogen) atoms. The summed E-state index contributed by atoms with van der Waals surface area (Å²) in [4.78, 5) is 39.9. The van der Waals surface area contributed by atoms with Crippen LogP contribution in [0.25, 0.3) is 0 Å². The quantitative estimate of drug-likeness (QED) is 0.288. The molecule has 0 bridgehead atoms. The summed E-state index contributed by atoms with van der Waals surface area (Å²) < 4.78 is 0. The molecule has 0 saturated carbocycles. The number of nitrogens with zero attached hydrogens (tertiary/aromatic N) is 3. The Labute approximate surface area is 104 Å². The van der Waals surface area contributed by atoms with Crippen molar-refractivity contribution in [3.8, 4) is 0 Å². The number of carbonyl (C=O) groups excluding carboxylic acids is 3. The van der Waals surface area contributed by atoms with Crippen molar-refractivity contribution >= 4 is 18.2 Å². The van der Waals surface area contributed by atoms with E-state index in [1.165, 1.54) is 18.2 Å². The van der Waals surface area contributed by atoms with Gasteiger partial charge in [0, 0.05) is 6.42 Å². The number of hydrogen-bond donors (Lipinski definition) is 1. The molecule has 0 atom stereocenters. The van der Waals surface area contributed by atoms with Crippen molar-refractivity contribution in [3.05, 3.63) is 11.5 Å². The van der Waals surface area contributed by atoms with E-state index in [1.807, 2.05) is 0 Å². The maximum atomic E-state index is 10.2. The minimum Gasteiger partial charge on any atom is -0.510 e. The Hall–Kier alpha value is -2.32. The largest absolute Gasteiger partial charge is 0.510 e. The molecule has 0 fully saturated rings. The van der Waals surface area contributed by atoms with E-state index in [4.69, 9.17) is 0 Å². The zero-order valence-corrected chi connectivity index (χ0v) is 9.76. The first-order valence-electron chi connectivity index (χ1n) is 5.32. The van der Waals surface area contributed by atoms with Crippen LogP contribution in [0.1, 0.15) is 25.7 Å². The molecule has 7 heteroatoms. The smallest absolute Gasteiger partial charge is 0.240 e. The van der Waals surface area contributed by atoms with Gasteiger partial charge in [0.05, 0.1) is 18.8 Å². The highest BCUT2D eigenvalue weighted by Gasteiger charge is 2.04. The number of isocyanates is 3. The predicted octanol–water partition coefficient (Wildman–Crippen LogP) is 1.32. The normalized spacial score (nSPS) is 10.4. The van der Waals surface area contributed by atoms with E-state index < -0.39 is 0 Å². The van der Waals surface area contributed by atoms with E-state index in [0.29, 0.717) is 25.8 Å². The maximum absolute atomic E-state index is 10.2. The molecule has 0 saturated heterocycles. The third-order valence-electron chi connectivity index (χ3n) is 2.04. The van der Waals surface area contributed by atoms with E-state index >= 15 is 0 Å². The molecule has 0 aromatic rings. The second-order valence-corrected chi connectivity index (χ2v) is 3.25. The number of aliphatic hydroxyl groups is 1. The first-order valence-corrected chi connectivity index (χ1v) is 5.32. The van der Waals surface area contributed by atoms with E-state index in [9.17, 15) is 19.5 Å². The summed E-state index contributed by atoms with van der Waals surface area (Å²) in [7, 11) is 0. The Morgan fingerprint density at radius 1 is 0.889 bits per heavy atom. The minimum atomic E-state index is -0.101. The number of aliphatic imine (C=N–C) groups is 3. The Kier molecular flexibility index (Phi) is 9.73. The summed E-state index contributed by atoms with van der Waals surface area (Å²) in [6, 6.07) is 0. The third kappa shape index (κ3) is 7.91. The topological polar surface area (TPSA) is 109 Å². The third-order valence-corrected chi connectivity index (χ3v) is 2.04. The van der Waals surface area contributed by atoms with Crippen LogP contribution in [0.5, 0.6) is 0 Å². The number of aliphatic hydroxyl groups excluding tert-OH is 1. The van der Waals surface area contributed by atoms with Gasteiger partial charge in [0.25, 0.3) is 0 Å². The molecule has 96 valence electrons. The molecular weight excluding hydrogens is 238 g/mol. The second-order valence-electron chi connectivity index (χ2n) is 3.25. The van der Waals surface area contributed by atoms with Crippen LogP contribution in [0.15, 0.2) is 26.4 Å². The molecule has 0 rings (SSSR count). The molecule has 7 nitrogen and oxygen atoms in total. The average Bonchev–Trinajstić information content (AvgIpc) is 2.37. The first-order chi connectivity index (χ1) is 8.76. The molecule has 0 aliphatic carbocycles. The average molecular weight is 251 g/mol. The summed E-state index contributed by atoms with van der Waals surface area (Å²) in [5, 5.41) is 9.60. The van der Waals surface area contributed by atoms with E-state index in [-0.39, 0.29) is 24.4 Å². The molecule has 0 aromatic carbocycles. The van der Waals surface area contributed by atoms with Gasteiger partial charge < -0.3 is 5.11 Å². The predicted molar refractivity (Wildman–Crippen MR) is 62.2 cm³/mol. The Morgan fingerprint density at radius 3 is 2.17 bits per heavy atom. The summed E-state index contributed by atoms with van der Waals surface area (Å²) in [6.07, 6.45) is 5.81. The molecule has 0 aliphatic heterocycles. The Morgan fingerprint density at radius 2 is 1.56 bits per heavy atom. The maximum Gasteiger partial charge on any atom is 0.240 e. The lowest BCUT2D eigenvalue weighted by Crippen LogP contribution is -1.94. The highest BCUT2D eigenvalue weighted by atomic mass is 16.3. The van der Waals surface area contributed by atoms with Gasteiger partial charge in [-0.1, -0.05) is 0 Å². The van der Waals surface area contributed by atoms with E-state index in [1.54, 1.807) is 0 Å². The number of unbranched alkanes of at least 4 members (excludes halogenated alkanes) is 1. The van der Waals surface area contributed by atoms with Crippen molar-refractivity contribution in [1.82, 2.24) is 0 Å². The van der Waals surface area contributed by atoms with E-state index in [2.05, 4.69) is 15.0 Å². The zero-order valence-electron chi connectivity index (χ0n) is 9.76.